The molecule has 3 amide bonds. The maximum absolute atomic E-state index is 13.5. The molecular formula is C35H54N4O7. The van der Waals surface area contributed by atoms with Gasteiger partial charge < -0.3 is 36.4 Å². The highest BCUT2D eigenvalue weighted by molar-refractivity contribution is 5.86. The second-order valence-electron chi connectivity index (χ2n) is 14.4. The number of amides is 3. The van der Waals surface area contributed by atoms with Crippen molar-refractivity contribution in [1.82, 2.24) is 20.9 Å². The molecule has 6 atom stereocenters. The van der Waals surface area contributed by atoms with Crippen LogP contribution in [0.3, 0.4) is 0 Å². The first-order chi connectivity index (χ1) is 21.3. The third-order valence-corrected chi connectivity index (χ3v) is 8.54. The summed E-state index contributed by atoms with van der Waals surface area (Å²) in [7, 11) is 1.34. The number of likely N-dealkylation sites (N-methyl/N-ethyl adjacent to an activating group) is 1. The lowest BCUT2D eigenvalue weighted by atomic mass is 9.77. The quantitative estimate of drug-likeness (QED) is 0.155. The summed E-state index contributed by atoms with van der Waals surface area (Å²) in [6, 6.07) is 16.1. The summed E-state index contributed by atoms with van der Waals surface area (Å²) in [4.78, 5) is 39.4. The fourth-order valence-electron chi connectivity index (χ4n) is 5.14. The Morgan fingerprint density at radius 1 is 0.739 bits per heavy atom. The van der Waals surface area contributed by atoms with Gasteiger partial charge in [0.05, 0.1) is 24.3 Å². The summed E-state index contributed by atoms with van der Waals surface area (Å²) in [5, 5.41) is 51.9. The number of nitrogens with zero attached hydrogens (tertiary/aromatic N) is 1. The molecule has 11 heteroatoms. The summed E-state index contributed by atoms with van der Waals surface area (Å²) in [6.07, 6.45) is -2.87. The monoisotopic (exact) mass is 642 g/mol. The van der Waals surface area contributed by atoms with Crippen LogP contribution in [0.5, 0.6) is 0 Å². The Kier molecular flexibility index (Phi) is 13.7. The van der Waals surface area contributed by atoms with Crippen molar-refractivity contribution in [2.45, 2.75) is 97.2 Å². The Morgan fingerprint density at radius 3 is 1.52 bits per heavy atom. The fraction of sp³-hybridized carbons (Fsp3) is 0.571. The van der Waals surface area contributed by atoms with Crippen molar-refractivity contribution in [3.05, 3.63) is 71.8 Å². The van der Waals surface area contributed by atoms with Gasteiger partial charge in [-0.05, 0) is 41.7 Å². The third-order valence-electron chi connectivity index (χ3n) is 8.54. The summed E-state index contributed by atoms with van der Waals surface area (Å²) in [6.45, 7) is 12.0. The largest absolute Gasteiger partial charge is 0.465 e. The fourth-order valence-corrected chi connectivity index (χ4v) is 5.14. The van der Waals surface area contributed by atoms with Gasteiger partial charge in [-0.25, -0.2) is 4.79 Å². The van der Waals surface area contributed by atoms with Crippen molar-refractivity contribution < 1.29 is 34.8 Å². The molecule has 2 aromatic carbocycles. The van der Waals surface area contributed by atoms with Gasteiger partial charge in [-0.2, -0.15) is 0 Å². The first-order valence-electron chi connectivity index (χ1n) is 15.7. The Hall–Kier alpha value is -3.51. The molecule has 0 aromatic heterocycles. The average molecular weight is 643 g/mol. The number of hydrogen-bond donors (Lipinski definition) is 7. The van der Waals surface area contributed by atoms with Gasteiger partial charge in [0.15, 0.2) is 0 Å². The third kappa shape index (κ3) is 11.1. The molecular weight excluding hydrogens is 588 g/mol. The first kappa shape index (κ1) is 38.7. The molecule has 7 N–H and O–H groups in total. The number of nitrogens with one attached hydrogen (secondary N) is 3. The van der Waals surface area contributed by atoms with Crippen molar-refractivity contribution in [3.8, 4) is 0 Å². The van der Waals surface area contributed by atoms with Crippen LogP contribution in [0.25, 0.3) is 0 Å². The van der Waals surface area contributed by atoms with Gasteiger partial charge in [-0.15, -0.1) is 0 Å². The number of rotatable bonds is 15. The first-order valence-corrected chi connectivity index (χ1v) is 15.7. The second kappa shape index (κ2) is 16.4. The van der Waals surface area contributed by atoms with Gasteiger partial charge in [0.1, 0.15) is 11.6 Å². The summed E-state index contributed by atoms with van der Waals surface area (Å²) in [5.74, 6) is -1.14. The molecule has 11 nitrogen and oxygen atoms in total. The van der Waals surface area contributed by atoms with E-state index < -0.39 is 64.7 Å². The number of carbonyl (C=O) groups excluding carboxylic acids is 2. The number of benzene rings is 2. The minimum absolute atomic E-state index is 0.00906. The van der Waals surface area contributed by atoms with Gasteiger partial charge >= 0.3 is 6.09 Å². The van der Waals surface area contributed by atoms with Gasteiger partial charge in [0.25, 0.3) is 5.91 Å². The van der Waals surface area contributed by atoms with Gasteiger partial charge in [-0.3, -0.25) is 14.5 Å². The van der Waals surface area contributed by atoms with Crippen LogP contribution in [0.15, 0.2) is 60.7 Å². The Labute approximate surface area is 273 Å². The molecule has 0 spiro atoms. The minimum Gasteiger partial charge on any atom is -0.465 e. The molecule has 0 saturated heterocycles. The van der Waals surface area contributed by atoms with Crippen molar-refractivity contribution in [2.24, 2.45) is 10.8 Å². The van der Waals surface area contributed by atoms with Gasteiger partial charge in [0, 0.05) is 20.1 Å². The standard InChI is InChI=1S/C35H54N4O7/c1-33(2,3)29(39(8)32(44)45)30(42)37-25(19-23-15-11-9-12-16-23)27(40)21-36-22-28(41)26(20-24-17-13-10-14-18-24)38-31(43)35(7,46)34(4,5)6/h9-18,25-29,36,40-41,46H,19-22H2,1-8H3,(H,37,42)(H,38,43)(H,44,45)/t25-,26-,27+,28+,29+,35-/m0/s1. The summed E-state index contributed by atoms with van der Waals surface area (Å²) >= 11 is 0. The van der Waals surface area contributed by atoms with Crippen LogP contribution in [-0.2, 0) is 22.4 Å². The minimum atomic E-state index is -1.70. The van der Waals surface area contributed by atoms with E-state index >= 15 is 0 Å². The number of carbonyl (C=O) groups is 3. The molecule has 2 aromatic rings. The molecule has 0 aliphatic rings. The molecule has 2 rings (SSSR count). The van der Waals surface area contributed by atoms with Gasteiger partial charge in [-0.1, -0.05) is 102 Å². The normalized spacial score (nSPS) is 16.7. The lowest BCUT2D eigenvalue weighted by Crippen LogP contribution is -2.59. The molecule has 0 bridgehead atoms. The van der Waals surface area contributed by atoms with E-state index in [1.54, 1.807) is 41.5 Å². The van der Waals surface area contributed by atoms with E-state index in [-0.39, 0.29) is 19.5 Å². The van der Waals surface area contributed by atoms with Crippen molar-refractivity contribution in [1.29, 1.82) is 0 Å². The molecule has 0 saturated carbocycles. The Balaban J connectivity index is 2.21. The average Bonchev–Trinajstić information content (AvgIpc) is 2.96. The second-order valence-corrected chi connectivity index (χ2v) is 14.4. The summed E-state index contributed by atoms with van der Waals surface area (Å²) in [5.41, 5.74) is -1.44. The van der Waals surface area contributed by atoms with E-state index in [0.29, 0.717) is 6.42 Å². The smallest absolute Gasteiger partial charge is 0.407 e. The molecule has 46 heavy (non-hydrogen) atoms. The van der Waals surface area contributed by atoms with Crippen molar-refractivity contribution in [3.63, 3.8) is 0 Å². The van der Waals surface area contributed by atoms with E-state index in [4.69, 9.17) is 0 Å². The maximum Gasteiger partial charge on any atom is 0.407 e. The van der Waals surface area contributed by atoms with Crippen LogP contribution in [0.1, 0.15) is 59.6 Å². The van der Waals surface area contributed by atoms with Crippen LogP contribution in [0.4, 0.5) is 4.79 Å². The zero-order chi connectivity index (χ0) is 34.9. The van der Waals surface area contributed by atoms with Crippen LogP contribution in [0, 0.1) is 10.8 Å². The van der Waals surface area contributed by atoms with Gasteiger partial charge in [0.2, 0.25) is 5.91 Å². The van der Waals surface area contributed by atoms with E-state index in [0.717, 1.165) is 16.0 Å². The molecule has 0 unspecified atom stereocenters. The highest BCUT2D eigenvalue weighted by Crippen LogP contribution is 2.30. The van der Waals surface area contributed by atoms with E-state index in [1.165, 1.54) is 14.0 Å². The summed E-state index contributed by atoms with van der Waals surface area (Å²) < 4.78 is 0. The Bertz CT molecular complexity index is 1260. The molecule has 0 aliphatic heterocycles. The maximum atomic E-state index is 13.5. The number of hydrogen-bond acceptors (Lipinski definition) is 7. The zero-order valence-electron chi connectivity index (χ0n) is 28.4. The molecule has 0 fully saturated rings. The van der Waals surface area contributed by atoms with Crippen LogP contribution in [0.2, 0.25) is 0 Å². The lowest BCUT2D eigenvalue weighted by Gasteiger charge is -2.37. The SMILES string of the molecule is CN(C(=O)O)[C@H](C(=O)N[C@@H](Cc1ccccc1)[C@H](O)CNC[C@@H](O)[C@H](Cc1ccccc1)NC(=O)[C@](C)(O)C(C)(C)C)C(C)(C)C. The lowest BCUT2D eigenvalue weighted by molar-refractivity contribution is -0.150. The topological polar surface area (TPSA) is 171 Å². The van der Waals surface area contributed by atoms with E-state index in [1.807, 2.05) is 60.7 Å². The molecule has 0 aliphatic carbocycles. The van der Waals surface area contributed by atoms with E-state index in [2.05, 4.69) is 16.0 Å². The number of aliphatic hydroxyl groups is 3. The Morgan fingerprint density at radius 2 is 1.15 bits per heavy atom. The zero-order valence-corrected chi connectivity index (χ0v) is 28.4. The predicted octanol–water partition coefficient (Wildman–Crippen LogP) is 2.57. The van der Waals surface area contributed by atoms with E-state index in [9.17, 15) is 34.8 Å². The van der Waals surface area contributed by atoms with Crippen molar-refractivity contribution >= 4 is 17.9 Å². The highest BCUT2D eigenvalue weighted by atomic mass is 16.4. The molecule has 0 radical (unpaired) electrons. The molecule has 256 valence electrons. The van der Waals surface area contributed by atoms with Crippen LogP contribution >= 0.6 is 0 Å². The van der Waals surface area contributed by atoms with Crippen molar-refractivity contribution in [2.75, 3.05) is 20.1 Å². The predicted molar refractivity (Wildman–Crippen MR) is 178 cm³/mol. The molecule has 0 heterocycles. The van der Waals surface area contributed by atoms with Crippen LogP contribution in [-0.4, -0.2) is 99.3 Å². The number of carboxylic acid groups (broad SMARTS) is 1. The highest BCUT2D eigenvalue weighted by Gasteiger charge is 2.43. The number of aliphatic hydroxyl groups excluding tert-OH is 2. The van der Waals surface area contributed by atoms with Crippen LogP contribution < -0.4 is 16.0 Å².